The molecule has 0 aliphatic rings. The van der Waals surface area contributed by atoms with Crippen molar-refractivity contribution < 1.29 is 29.7 Å². The zero-order valence-corrected chi connectivity index (χ0v) is 18.4. The first-order chi connectivity index (χ1) is 12.2. The Hall–Kier alpha value is -1.67. The first-order valence-corrected chi connectivity index (χ1v) is 9.41. The Morgan fingerprint density at radius 3 is 1.46 bits per heavy atom. The van der Waals surface area contributed by atoms with Crippen molar-refractivity contribution in [3.8, 4) is 0 Å². The van der Waals surface area contributed by atoms with Gasteiger partial charge in [-0.2, -0.15) is 0 Å². The van der Waals surface area contributed by atoms with Gasteiger partial charge in [0, 0.05) is 17.0 Å². The van der Waals surface area contributed by atoms with Gasteiger partial charge in [-0.05, 0) is 44.9 Å². The van der Waals surface area contributed by atoms with Crippen molar-refractivity contribution in [2.45, 2.75) is 79.3 Å². The standard InChI is InChI=1S/C20H38N2O6/c1-17(2,21)10-12(15(25)26)18(3,4)19(5,6)14(16(27)28)11(9-13(23)24)20(7,8)22/h11-12,14H,9-10,21-22H2,1-8H3,(H,23,24)(H,25,26)(H,27,28). The maximum Gasteiger partial charge on any atom is 0.307 e. The molecule has 3 unspecified atom stereocenters. The van der Waals surface area contributed by atoms with Gasteiger partial charge in [0.2, 0.25) is 0 Å². The van der Waals surface area contributed by atoms with Crippen LogP contribution in [-0.4, -0.2) is 44.3 Å². The highest BCUT2D eigenvalue weighted by atomic mass is 16.4. The largest absolute Gasteiger partial charge is 0.481 e. The predicted molar refractivity (Wildman–Crippen MR) is 107 cm³/mol. The van der Waals surface area contributed by atoms with Crippen LogP contribution >= 0.6 is 0 Å². The van der Waals surface area contributed by atoms with Crippen LogP contribution in [0.4, 0.5) is 0 Å². The van der Waals surface area contributed by atoms with Gasteiger partial charge in [0.25, 0.3) is 0 Å². The maximum absolute atomic E-state index is 12.3. The van der Waals surface area contributed by atoms with Gasteiger partial charge in [-0.1, -0.05) is 27.7 Å². The van der Waals surface area contributed by atoms with Crippen molar-refractivity contribution in [3.63, 3.8) is 0 Å². The van der Waals surface area contributed by atoms with E-state index in [1.165, 1.54) is 0 Å². The molecule has 0 aromatic rings. The SMILES string of the molecule is CC(C)(N)CC(C(=O)O)C(C)(C)C(C)(C)C(C(=O)O)C(CC(=O)O)C(C)(C)N. The molecule has 164 valence electrons. The van der Waals surface area contributed by atoms with Crippen LogP contribution in [0.5, 0.6) is 0 Å². The third-order valence-electron chi connectivity index (χ3n) is 6.36. The maximum atomic E-state index is 12.3. The van der Waals surface area contributed by atoms with Crippen molar-refractivity contribution in [3.05, 3.63) is 0 Å². The van der Waals surface area contributed by atoms with Gasteiger partial charge in [-0.3, -0.25) is 14.4 Å². The number of carboxylic acid groups (broad SMARTS) is 3. The molecule has 0 spiro atoms. The van der Waals surface area contributed by atoms with E-state index in [1.54, 1.807) is 55.4 Å². The third-order valence-corrected chi connectivity index (χ3v) is 6.36. The van der Waals surface area contributed by atoms with E-state index in [-0.39, 0.29) is 6.42 Å². The highest BCUT2D eigenvalue weighted by Crippen LogP contribution is 2.54. The minimum absolute atomic E-state index is 0.140. The van der Waals surface area contributed by atoms with Gasteiger partial charge in [-0.15, -0.1) is 0 Å². The lowest BCUT2D eigenvalue weighted by atomic mass is 9.51. The van der Waals surface area contributed by atoms with Crippen molar-refractivity contribution in [2.24, 2.45) is 40.1 Å². The Morgan fingerprint density at radius 1 is 0.786 bits per heavy atom. The van der Waals surface area contributed by atoms with Crippen LogP contribution in [0.3, 0.4) is 0 Å². The third kappa shape index (κ3) is 6.17. The van der Waals surface area contributed by atoms with Crippen molar-refractivity contribution in [1.82, 2.24) is 0 Å². The molecule has 0 aliphatic heterocycles. The van der Waals surface area contributed by atoms with E-state index < -0.39 is 64.0 Å². The molecule has 28 heavy (non-hydrogen) atoms. The normalized spacial score (nSPS) is 16.9. The lowest BCUT2D eigenvalue weighted by Gasteiger charge is -2.53. The van der Waals surface area contributed by atoms with Crippen molar-refractivity contribution >= 4 is 17.9 Å². The van der Waals surface area contributed by atoms with Crippen LogP contribution in [0.2, 0.25) is 0 Å². The molecule has 8 heteroatoms. The number of rotatable bonds is 11. The van der Waals surface area contributed by atoms with E-state index in [4.69, 9.17) is 11.5 Å². The summed E-state index contributed by atoms with van der Waals surface area (Å²) < 4.78 is 0. The number of carboxylic acids is 3. The van der Waals surface area contributed by atoms with Crippen molar-refractivity contribution in [2.75, 3.05) is 0 Å². The minimum Gasteiger partial charge on any atom is -0.481 e. The molecule has 0 fully saturated rings. The summed E-state index contributed by atoms with van der Waals surface area (Å²) in [4.78, 5) is 35.8. The first-order valence-electron chi connectivity index (χ1n) is 9.41. The molecule has 8 nitrogen and oxygen atoms in total. The molecule has 0 rings (SSSR count). The molecule has 0 aromatic carbocycles. The lowest BCUT2D eigenvalue weighted by molar-refractivity contribution is -0.168. The quantitative estimate of drug-likeness (QED) is 0.351. The van der Waals surface area contributed by atoms with Gasteiger partial charge in [0.05, 0.1) is 18.3 Å². The molecule has 0 aliphatic carbocycles. The average molecular weight is 403 g/mol. The Morgan fingerprint density at radius 2 is 1.21 bits per heavy atom. The zero-order chi connectivity index (χ0) is 22.9. The summed E-state index contributed by atoms with van der Waals surface area (Å²) in [6, 6.07) is 0. The number of nitrogens with two attached hydrogens (primary N) is 2. The van der Waals surface area contributed by atoms with E-state index in [0.717, 1.165) is 0 Å². The summed E-state index contributed by atoms with van der Waals surface area (Å²) in [5.74, 6) is -6.43. The first kappa shape index (κ1) is 26.3. The Balaban J connectivity index is 6.49. The minimum atomic E-state index is -1.20. The fraction of sp³-hybridized carbons (Fsp3) is 0.850. The molecule has 3 atom stereocenters. The van der Waals surface area contributed by atoms with Gasteiger partial charge in [0.15, 0.2) is 0 Å². The zero-order valence-electron chi connectivity index (χ0n) is 18.4. The molecule has 0 bridgehead atoms. The van der Waals surface area contributed by atoms with E-state index in [2.05, 4.69) is 0 Å². The molecule has 0 aromatic heterocycles. The van der Waals surface area contributed by atoms with Crippen molar-refractivity contribution in [1.29, 1.82) is 0 Å². The number of hydrogen-bond acceptors (Lipinski definition) is 5. The van der Waals surface area contributed by atoms with E-state index in [1.807, 2.05) is 0 Å². The summed E-state index contributed by atoms with van der Waals surface area (Å²) in [7, 11) is 0. The lowest BCUT2D eigenvalue weighted by Crippen LogP contribution is -2.57. The molecule has 0 radical (unpaired) electrons. The van der Waals surface area contributed by atoms with E-state index in [9.17, 15) is 29.7 Å². The molecular weight excluding hydrogens is 364 g/mol. The Kier molecular flexibility index (Phi) is 7.87. The van der Waals surface area contributed by atoms with Gasteiger partial charge >= 0.3 is 17.9 Å². The van der Waals surface area contributed by atoms with Gasteiger partial charge in [-0.25, -0.2) is 0 Å². The molecular formula is C20H38N2O6. The van der Waals surface area contributed by atoms with Crippen LogP contribution in [0.15, 0.2) is 0 Å². The second-order valence-electron chi connectivity index (χ2n) is 10.4. The Bertz CT molecular complexity index is 599. The monoisotopic (exact) mass is 402 g/mol. The fourth-order valence-corrected chi connectivity index (χ4v) is 4.01. The topological polar surface area (TPSA) is 164 Å². The highest BCUT2D eigenvalue weighted by molar-refractivity contribution is 5.75. The van der Waals surface area contributed by atoms with Crippen LogP contribution in [0, 0.1) is 28.6 Å². The van der Waals surface area contributed by atoms with Crippen LogP contribution < -0.4 is 11.5 Å². The molecule has 0 saturated heterocycles. The molecule has 0 saturated carbocycles. The second kappa shape index (κ2) is 8.37. The number of carbonyl (C=O) groups is 3. The number of aliphatic carboxylic acids is 3. The summed E-state index contributed by atoms with van der Waals surface area (Å²) in [6.45, 7) is 13.4. The predicted octanol–water partition coefficient (Wildman–Crippen LogP) is 2.40. The van der Waals surface area contributed by atoms with Crippen LogP contribution in [0.1, 0.15) is 68.2 Å². The van der Waals surface area contributed by atoms with Gasteiger partial charge in [0.1, 0.15) is 0 Å². The van der Waals surface area contributed by atoms with Crippen LogP contribution in [0.25, 0.3) is 0 Å². The fourth-order valence-electron chi connectivity index (χ4n) is 4.01. The summed E-state index contributed by atoms with van der Waals surface area (Å²) in [6.07, 6.45) is -0.291. The van der Waals surface area contributed by atoms with E-state index in [0.29, 0.717) is 0 Å². The molecule has 0 heterocycles. The smallest absolute Gasteiger partial charge is 0.307 e. The van der Waals surface area contributed by atoms with Crippen LogP contribution in [-0.2, 0) is 14.4 Å². The summed E-state index contributed by atoms with van der Waals surface area (Å²) in [5.41, 5.74) is 8.24. The average Bonchev–Trinajstić information content (AvgIpc) is 2.40. The highest BCUT2D eigenvalue weighted by Gasteiger charge is 2.56. The van der Waals surface area contributed by atoms with E-state index >= 15 is 0 Å². The number of hydrogen-bond donors (Lipinski definition) is 5. The summed E-state index contributed by atoms with van der Waals surface area (Å²) >= 11 is 0. The molecule has 7 N–H and O–H groups in total. The van der Waals surface area contributed by atoms with Gasteiger partial charge < -0.3 is 26.8 Å². The second-order valence-corrected chi connectivity index (χ2v) is 10.4. The summed E-state index contributed by atoms with van der Waals surface area (Å²) in [5, 5.41) is 29.3. The molecule has 0 amide bonds. The Labute approximate surface area is 167 Å².